The molecule has 2 aromatic heterocycles. The van der Waals surface area contributed by atoms with Crippen LogP contribution in [0.2, 0.25) is 0 Å². The van der Waals surface area contributed by atoms with Crippen LogP contribution in [0, 0.1) is 0 Å². The Morgan fingerprint density at radius 3 is 2.73 bits per heavy atom. The Labute approximate surface area is 131 Å². The number of hydrogen-bond acceptors (Lipinski definition) is 5. The van der Waals surface area contributed by atoms with Crippen molar-refractivity contribution >= 4 is 0 Å². The fourth-order valence-electron chi connectivity index (χ4n) is 2.52. The van der Waals surface area contributed by atoms with Crippen LogP contribution in [-0.2, 0) is 12.0 Å². The van der Waals surface area contributed by atoms with Crippen LogP contribution in [0.3, 0.4) is 0 Å². The number of nitrogens with one attached hydrogen (secondary N) is 1. The summed E-state index contributed by atoms with van der Waals surface area (Å²) in [6.45, 7) is 8.60. The summed E-state index contributed by atoms with van der Waals surface area (Å²) in [5.41, 5.74) is 2.03. The quantitative estimate of drug-likeness (QED) is 0.919. The van der Waals surface area contributed by atoms with Gasteiger partial charge in [0.15, 0.2) is 11.5 Å². The second-order valence-electron chi connectivity index (χ2n) is 7.22. The van der Waals surface area contributed by atoms with Gasteiger partial charge in [-0.25, -0.2) is 0 Å². The lowest BCUT2D eigenvalue weighted by Gasteiger charge is -2.22. The lowest BCUT2D eigenvalue weighted by atomic mass is 10.1. The molecule has 2 aromatic rings. The average molecular weight is 303 g/mol. The van der Waals surface area contributed by atoms with Gasteiger partial charge in [0.05, 0.1) is 5.54 Å². The molecule has 2 heterocycles. The van der Waals surface area contributed by atoms with Crippen molar-refractivity contribution < 1.29 is 4.52 Å². The molecule has 0 bridgehead atoms. The van der Waals surface area contributed by atoms with Gasteiger partial charge in [0, 0.05) is 24.1 Å². The smallest absolute Gasteiger partial charge is 0.278 e. The standard InChI is InChI=1S/C16H25N5O/c1-10(17-5)8-14-18-15(22-20-14)12-9-13(11-6-7-11)21(19-12)16(2,3)4/h9-11,17H,6-8H2,1-5H3. The molecule has 22 heavy (non-hydrogen) atoms. The molecule has 120 valence electrons. The topological polar surface area (TPSA) is 68.8 Å². The minimum Gasteiger partial charge on any atom is -0.332 e. The molecule has 3 rings (SSSR count). The van der Waals surface area contributed by atoms with Crippen molar-refractivity contribution in [3.63, 3.8) is 0 Å². The van der Waals surface area contributed by atoms with Gasteiger partial charge in [-0.15, -0.1) is 0 Å². The van der Waals surface area contributed by atoms with E-state index in [4.69, 9.17) is 9.62 Å². The Kier molecular flexibility index (Phi) is 3.80. The lowest BCUT2D eigenvalue weighted by molar-refractivity contribution is 0.343. The number of aromatic nitrogens is 4. The summed E-state index contributed by atoms with van der Waals surface area (Å²) in [5, 5.41) is 12.0. The SMILES string of the molecule is CNC(C)Cc1noc(-c2cc(C3CC3)n(C(C)(C)C)n2)n1. The molecule has 0 aromatic carbocycles. The van der Waals surface area contributed by atoms with E-state index >= 15 is 0 Å². The molecule has 0 radical (unpaired) electrons. The summed E-state index contributed by atoms with van der Waals surface area (Å²) < 4.78 is 7.52. The Hall–Kier alpha value is -1.69. The molecule has 1 aliphatic rings. The van der Waals surface area contributed by atoms with Gasteiger partial charge in [-0.2, -0.15) is 10.1 Å². The number of rotatable bonds is 5. The third kappa shape index (κ3) is 3.06. The monoisotopic (exact) mass is 303 g/mol. The van der Waals surface area contributed by atoms with Crippen LogP contribution in [0.5, 0.6) is 0 Å². The highest BCUT2D eigenvalue weighted by atomic mass is 16.5. The van der Waals surface area contributed by atoms with Crippen molar-refractivity contribution in [2.45, 2.75) is 64.5 Å². The summed E-state index contributed by atoms with van der Waals surface area (Å²) in [6, 6.07) is 2.43. The third-order valence-corrected chi connectivity index (χ3v) is 4.04. The highest BCUT2D eigenvalue weighted by Gasteiger charge is 2.32. The summed E-state index contributed by atoms with van der Waals surface area (Å²) in [4.78, 5) is 4.49. The van der Waals surface area contributed by atoms with Crippen LogP contribution in [0.4, 0.5) is 0 Å². The average Bonchev–Trinajstić information content (AvgIpc) is 3.01. The maximum absolute atomic E-state index is 5.41. The Balaban J connectivity index is 1.89. The maximum atomic E-state index is 5.41. The van der Waals surface area contributed by atoms with E-state index in [9.17, 15) is 0 Å². The molecule has 1 fully saturated rings. The van der Waals surface area contributed by atoms with E-state index in [-0.39, 0.29) is 5.54 Å². The molecule has 0 spiro atoms. The first-order valence-corrected chi connectivity index (χ1v) is 7.99. The minimum atomic E-state index is -0.0420. The highest BCUT2D eigenvalue weighted by Crippen LogP contribution is 2.42. The van der Waals surface area contributed by atoms with Gasteiger partial charge >= 0.3 is 0 Å². The summed E-state index contributed by atoms with van der Waals surface area (Å²) in [7, 11) is 1.93. The van der Waals surface area contributed by atoms with Gasteiger partial charge in [-0.05, 0) is 53.7 Å². The third-order valence-electron chi connectivity index (χ3n) is 4.04. The first-order chi connectivity index (χ1) is 10.4. The molecule has 1 saturated carbocycles. The van der Waals surface area contributed by atoms with Crippen molar-refractivity contribution in [1.82, 2.24) is 25.2 Å². The van der Waals surface area contributed by atoms with E-state index < -0.39 is 0 Å². The predicted octanol–water partition coefficient (Wildman–Crippen LogP) is 2.72. The zero-order valence-electron chi connectivity index (χ0n) is 14.1. The van der Waals surface area contributed by atoms with Crippen LogP contribution >= 0.6 is 0 Å². The van der Waals surface area contributed by atoms with E-state index in [1.54, 1.807) is 0 Å². The van der Waals surface area contributed by atoms with Crippen LogP contribution in [0.25, 0.3) is 11.6 Å². The van der Waals surface area contributed by atoms with Crippen molar-refractivity contribution in [2.24, 2.45) is 0 Å². The first-order valence-electron chi connectivity index (χ1n) is 7.99. The molecule has 1 atom stereocenters. The molecular formula is C16H25N5O. The van der Waals surface area contributed by atoms with Gasteiger partial charge in [-0.3, -0.25) is 4.68 Å². The number of hydrogen-bond donors (Lipinski definition) is 1. The van der Waals surface area contributed by atoms with Crippen LogP contribution in [0.15, 0.2) is 10.6 Å². The molecule has 6 heteroatoms. The Morgan fingerprint density at radius 1 is 1.41 bits per heavy atom. The normalized spacial score (nSPS) is 17.0. The number of likely N-dealkylation sites (N-methyl/N-ethyl adjacent to an activating group) is 1. The lowest BCUT2D eigenvalue weighted by Crippen LogP contribution is -2.25. The van der Waals surface area contributed by atoms with Gasteiger partial charge in [0.25, 0.3) is 5.89 Å². The molecular weight excluding hydrogens is 278 g/mol. The molecule has 0 amide bonds. The van der Waals surface area contributed by atoms with Crippen molar-refractivity contribution in [1.29, 1.82) is 0 Å². The summed E-state index contributed by atoms with van der Waals surface area (Å²) in [6.07, 6.45) is 3.24. The summed E-state index contributed by atoms with van der Waals surface area (Å²) in [5.74, 6) is 1.87. The van der Waals surface area contributed by atoms with Crippen LogP contribution < -0.4 is 5.32 Å². The van der Waals surface area contributed by atoms with E-state index in [1.165, 1.54) is 18.5 Å². The Bertz CT molecular complexity index is 648. The first kappa shape index (κ1) is 15.2. The van der Waals surface area contributed by atoms with E-state index in [0.29, 0.717) is 17.9 Å². The fourth-order valence-corrected chi connectivity index (χ4v) is 2.52. The van der Waals surface area contributed by atoms with Crippen molar-refractivity contribution in [3.8, 4) is 11.6 Å². The Morgan fingerprint density at radius 2 is 2.14 bits per heavy atom. The van der Waals surface area contributed by atoms with Crippen molar-refractivity contribution in [2.75, 3.05) is 7.05 Å². The summed E-state index contributed by atoms with van der Waals surface area (Å²) >= 11 is 0. The molecule has 1 unspecified atom stereocenters. The van der Waals surface area contributed by atoms with E-state index in [1.807, 2.05) is 7.05 Å². The maximum Gasteiger partial charge on any atom is 0.278 e. The fraction of sp³-hybridized carbons (Fsp3) is 0.688. The van der Waals surface area contributed by atoms with E-state index in [0.717, 1.165) is 17.9 Å². The minimum absolute atomic E-state index is 0.0420. The largest absolute Gasteiger partial charge is 0.332 e. The van der Waals surface area contributed by atoms with Gasteiger partial charge in [-0.1, -0.05) is 5.16 Å². The molecule has 6 nitrogen and oxygen atoms in total. The number of nitrogens with zero attached hydrogens (tertiary/aromatic N) is 4. The predicted molar refractivity (Wildman–Crippen MR) is 84.7 cm³/mol. The van der Waals surface area contributed by atoms with Crippen LogP contribution in [0.1, 0.15) is 58.0 Å². The second kappa shape index (κ2) is 5.50. The zero-order valence-corrected chi connectivity index (χ0v) is 14.1. The second-order valence-corrected chi connectivity index (χ2v) is 7.22. The van der Waals surface area contributed by atoms with E-state index in [2.05, 4.69) is 53.9 Å². The molecule has 1 N–H and O–H groups in total. The van der Waals surface area contributed by atoms with Gasteiger partial charge in [0.1, 0.15) is 0 Å². The molecule has 0 saturated heterocycles. The van der Waals surface area contributed by atoms with Gasteiger partial charge in [0.2, 0.25) is 0 Å². The van der Waals surface area contributed by atoms with Crippen molar-refractivity contribution in [3.05, 3.63) is 17.6 Å². The van der Waals surface area contributed by atoms with Crippen LogP contribution in [-0.4, -0.2) is 33.0 Å². The molecule has 0 aliphatic heterocycles. The van der Waals surface area contributed by atoms with Gasteiger partial charge < -0.3 is 9.84 Å². The zero-order chi connectivity index (χ0) is 15.9. The molecule has 1 aliphatic carbocycles. The highest BCUT2D eigenvalue weighted by molar-refractivity contribution is 5.48.